The number of amides is 1. The van der Waals surface area contributed by atoms with Crippen LogP contribution in [0.25, 0.3) is 16.6 Å². The van der Waals surface area contributed by atoms with Gasteiger partial charge in [-0.25, -0.2) is 0 Å². The number of methoxy groups -OCH3 is 1. The van der Waals surface area contributed by atoms with Gasteiger partial charge in [0.2, 0.25) is 0 Å². The number of nitrogens with zero attached hydrogens (tertiary/aromatic N) is 1. The number of nitrogens with one attached hydrogen (secondary N) is 1. The number of fused-ring (bicyclic) bond motifs is 1. The normalized spacial score (nSPS) is 11.1. The van der Waals surface area contributed by atoms with Gasteiger partial charge in [0.25, 0.3) is 11.7 Å². The van der Waals surface area contributed by atoms with E-state index >= 15 is 0 Å². The molecule has 1 amide bonds. The van der Waals surface area contributed by atoms with Crippen molar-refractivity contribution in [1.29, 1.82) is 0 Å². The summed E-state index contributed by atoms with van der Waals surface area (Å²) in [5, 5.41) is 3.12. The Hall–Kier alpha value is -2.83. The van der Waals surface area contributed by atoms with E-state index in [9.17, 15) is 9.59 Å². The van der Waals surface area contributed by atoms with Gasteiger partial charge in [-0.15, -0.1) is 0 Å². The molecule has 0 fully saturated rings. The molecule has 1 aromatic carbocycles. The first-order valence-electron chi connectivity index (χ1n) is 9.80. The minimum absolute atomic E-state index is 0.133. The van der Waals surface area contributed by atoms with Crippen molar-refractivity contribution in [2.24, 2.45) is 0 Å². The molecule has 2 heterocycles. The van der Waals surface area contributed by atoms with Crippen LogP contribution in [0.4, 0.5) is 0 Å². The highest BCUT2D eigenvalue weighted by Crippen LogP contribution is 2.33. The van der Waals surface area contributed by atoms with Gasteiger partial charge >= 0.3 is 0 Å². The zero-order valence-electron chi connectivity index (χ0n) is 17.3. The summed E-state index contributed by atoms with van der Waals surface area (Å²) < 4.78 is 12.4. The third-order valence-electron chi connectivity index (χ3n) is 4.62. The number of benzene rings is 1. The van der Waals surface area contributed by atoms with E-state index in [2.05, 4.69) is 5.32 Å². The van der Waals surface area contributed by atoms with Crippen molar-refractivity contribution in [2.45, 2.75) is 26.4 Å². The lowest BCUT2D eigenvalue weighted by atomic mass is 10.0. The topological polar surface area (TPSA) is 69.0 Å². The molecule has 3 rings (SSSR count). The second-order valence-electron chi connectivity index (χ2n) is 7.11. The Morgan fingerprint density at radius 2 is 1.97 bits per heavy atom. The Morgan fingerprint density at radius 3 is 2.67 bits per heavy atom. The van der Waals surface area contributed by atoms with Gasteiger partial charge in [0.1, 0.15) is 11.4 Å². The molecule has 30 heavy (non-hydrogen) atoms. The van der Waals surface area contributed by atoms with Gasteiger partial charge in [-0.05, 0) is 56.2 Å². The van der Waals surface area contributed by atoms with Crippen LogP contribution in [0.3, 0.4) is 0 Å². The second kappa shape index (κ2) is 9.78. The summed E-state index contributed by atoms with van der Waals surface area (Å²) in [6.07, 6.45) is 2.53. The predicted octanol–water partition coefficient (Wildman–Crippen LogP) is 4.38. The molecule has 6 nitrogen and oxygen atoms in total. The van der Waals surface area contributed by atoms with E-state index in [-0.39, 0.29) is 6.10 Å². The number of aromatic nitrogens is 1. The quantitative estimate of drug-likeness (QED) is 0.312. The summed E-state index contributed by atoms with van der Waals surface area (Å²) in [6.45, 7) is 4.79. The molecule has 0 radical (unpaired) electrons. The second-order valence-corrected chi connectivity index (χ2v) is 7.52. The fourth-order valence-corrected chi connectivity index (χ4v) is 3.45. The summed E-state index contributed by atoms with van der Waals surface area (Å²) in [4.78, 5) is 25.6. The number of Topliss-reactive ketones (excluding diaryl/α,β-unsaturated/α-hetero) is 1. The molecular weight excluding hydrogens is 404 g/mol. The predicted molar refractivity (Wildman–Crippen MR) is 117 cm³/mol. The Morgan fingerprint density at radius 1 is 1.17 bits per heavy atom. The molecule has 0 bridgehead atoms. The van der Waals surface area contributed by atoms with Gasteiger partial charge < -0.3 is 19.2 Å². The largest absolute Gasteiger partial charge is 0.495 e. The van der Waals surface area contributed by atoms with Crippen LogP contribution >= 0.6 is 11.6 Å². The first kappa shape index (κ1) is 21.9. The zero-order valence-corrected chi connectivity index (χ0v) is 18.0. The van der Waals surface area contributed by atoms with Crippen LogP contribution in [0.15, 0.2) is 48.7 Å². The van der Waals surface area contributed by atoms with Crippen molar-refractivity contribution >= 4 is 28.8 Å². The van der Waals surface area contributed by atoms with Crippen LogP contribution in [-0.2, 0) is 9.53 Å². The zero-order chi connectivity index (χ0) is 21.7. The van der Waals surface area contributed by atoms with E-state index in [1.165, 1.54) is 0 Å². The molecule has 0 saturated carbocycles. The Balaban J connectivity index is 1.89. The monoisotopic (exact) mass is 428 g/mol. The lowest BCUT2D eigenvalue weighted by Crippen LogP contribution is -2.33. The third kappa shape index (κ3) is 4.83. The maximum absolute atomic E-state index is 13.1. The fourth-order valence-electron chi connectivity index (χ4n) is 3.19. The number of carbonyl (C=O) groups excluding carboxylic acids is 2. The molecule has 0 aliphatic carbocycles. The van der Waals surface area contributed by atoms with Crippen molar-refractivity contribution in [3.8, 4) is 16.9 Å². The SMILES string of the molecule is COc1ccc(-c2cc3ccccn3c2C(=O)C(=O)NCCCOC(C)C)cc1Cl. The van der Waals surface area contributed by atoms with Gasteiger partial charge in [0.15, 0.2) is 0 Å². The Labute approximate surface area is 180 Å². The molecule has 0 aliphatic rings. The van der Waals surface area contributed by atoms with Crippen LogP contribution in [0.2, 0.25) is 5.02 Å². The minimum atomic E-state index is -0.649. The molecule has 1 N–H and O–H groups in total. The summed E-state index contributed by atoms with van der Waals surface area (Å²) >= 11 is 6.29. The van der Waals surface area contributed by atoms with Crippen molar-refractivity contribution in [1.82, 2.24) is 9.72 Å². The van der Waals surface area contributed by atoms with Gasteiger partial charge in [-0.3, -0.25) is 9.59 Å². The van der Waals surface area contributed by atoms with Gasteiger partial charge in [-0.2, -0.15) is 0 Å². The average molecular weight is 429 g/mol. The molecule has 0 saturated heterocycles. The van der Waals surface area contributed by atoms with E-state index in [4.69, 9.17) is 21.1 Å². The van der Waals surface area contributed by atoms with Crippen LogP contribution in [0.1, 0.15) is 30.8 Å². The number of ether oxygens (including phenoxy) is 2. The molecule has 2 aromatic heterocycles. The fraction of sp³-hybridized carbons (Fsp3) is 0.304. The minimum Gasteiger partial charge on any atom is -0.495 e. The standard InChI is InChI=1S/C23H25ClN2O4/c1-15(2)30-12-6-10-25-23(28)22(27)21-18(14-17-7-4-5-11-26(17)21)16-8-9-20(29-3)19(24)13-16/h4-5,7-9,11,13-15H,6,10,12H2,1-3H3,(H,25,28). The number of rotatable bonds is 9. The van der Waals surface area contributed by atoms with Crippen molar-refractivity contribution in [3.63, 3.8) is 0 Å². The number of pyridine rings is 1. The van der Waals surface area contributed by atoms with Crippen molar-refractivity contribution < 1.29 is 19.1 Å². The highest BCUT2D eigenvalue weighted by molar-refractivity contribution is 6.43. The summed E-state index contributed by atoms with van der Waals surface area (Å²) in [5.74, 6) is -0.712. The first-order valence-corrected chi connectivity index (χ1v) is 10.2. The number of ketones is 1. The Bertz CT molecular complexity index is 1060. The number of halogens is 1. The van der Waals surface area contributed by atoms with Crippen LogP contribution in [0.5, 0.6) is 5.75 Å². The van der Waals surface area contributed by atoms with Gasteiger partial charge in [0, 0.05) is 30.4 Å². The van der Waals surface area contributed by atoms with Crippen LogP contribution < -0.4 is 10.1 Å². The molecule has 7 heteroatoms. The lowest BCUT2D eigenvalue weighted by Gasteiger charge is -2.10. The van der Waals surface area contributed by atoms with E-state index in [0.29, 0.717) is 41.6 Å². The molecule has 0 spiro atoms. The average Bonchev–Trinajstić information content (AvgIpc) is 3.12. The molecule has 0 unspecified atom stereocenters. The smallest absolute Gasteiger partial charge is 0.294 e. The number of hydrogen-bond donors (Lipinski definition) is 1. The molecule has 0 atom stereocenters. The first-order chi connectivity index (χ1) is 14.4. The summed E-state index contributed by atoms with van der Waals surface area (Å²) in [5.41, 5.74) is 2.46. The van der Waals surface area contributed by atoms with Crippen molar-refractivity contribution in [2.75, 3.05) is 20.3 Å². The van der Waals surface area contributed by atoms with E-state index < -0.39 is 11.7 Å². The highest BCUT2D eigenvalue weighted by atomic mass is 35.5. The van der Waals surface area contributed by atoms with Crippen LogP contribution in [-0.4, -0.2) is 42.5 Å². The van der Waals surface area contributed by atoms with Crippen molar-refractivity contribution in [3.05, 3.63) is 59.4 Å². The highest BCUT2D eigenvalue weighted by Gasteiger charge is 2.24. The van der Waals surface area contributed by atoms with Crippen LogP contribution in [0, 0.1) is 0 Å². The number of carbonyl (C=O) groups is 2. The number of hydrogen-bond acceptors (Lipinski definition) is 4. The maximum Gasteiger partial charge on any atom is 0.294 e. The summed E-state index contributed by atoms with van der Waals surface area (Å²) in [7, 11) is 1.54. The van der Waals surface area contributed by atoms with E-state index in [0.717, 1.165) is 11.1 Å². The van der Waals surface area contributed by atoms with E-state index in [1.54, 1.807) is 29.8 Å². The maximum atomic E-state index is 13.1. The van der Waals surface area contributed by atoms with E-state index in [1.807, 2.05) is 44.2 Å². The lowest BCUT2D eigenvalue weighted by molar-refractivity contribution is -0.117. The molecule has 0 aliphatic heterocycles. The van der Waals surface area contributed by atoms with Gasteiger partial charge in [-0.1, -0.05) is 23.7 Å². The molecule has 158 valence electrons. The molecule has 3 aromatic rings. The summed E-state index contributed by atoms with van der Waals surface area (Å²) in [6, 6.07) is 12.7. The molecular formula is C23H25ClN2O4. The Kier molecular flexibility index (Phi) is 7.13. The van der Waals surface area contributed by atoms with Gasteiger partial charge in [0.05, 0.1) is 18.2 Å². The third-order valence-corrected chi connectivity index (χ3v) is 4.92.